The minimum Gasteiger partial charge on any atom is -0.366 e. The van der Waals surface area contributed by atoms with Gasteiger partial charge >= 0.3 is 0 Å². The van der Waals surface area contributed by atoms with Gasteiger partial charge < -0.3 is 10.1 Å². The van der Waals surface area contributed by atoms with Crippen LogP contribution in [0.5, 0.6) is 0 Å². The summed E-state index contributed by atoms with van der Waals surface area (Å²) in [5, 5.41) is 2.77. The zero-order chi connectivity index (χ0) is 11.0. The Bertz CT molecular complexity index is 166. The molecule has 4 heteroatoms. The van der Waals surface area contributed by atoms with E-state index in [0.29, 0.717) is 12.4 Å². The number of alkyl halides is 1. The van der Waals surface area contributed by atoms with Gasteiger partial charge in [0.1, 0.15) is 6.61 Å². The van der Waals surface area contributed by atoms with Gasteiger partial charge in [-0.15, -0.1) is 11.6 Å². The molecule has 84 valence electrons. The highest BCUT2D eigenvalue weighted by molar-refractivity contribution is 6.17. The van der Waals surface area contributed by atoms with E-state index in [2.05, 4.69) is 5.32 Å². The molecule has 0 aromatic carbocycles. The third kappa shape index (κ3) is 9.81. The number of unbranched alkanes of at least 4 members (excludes halogenated alkanes) is 1. The van der Waals surface area contributed by atoms with E-state index in [1.807, 2.05) is 20.8 Å². The maximum Gasteiger partial charge on any atom is 0.246 e. The summed E-state index contributed by atoms with van der Waals surface area (Å²) in [4.78, 5) is 11.2. The molecule has 1 amide bonds. The second-order valence-electron chi connectivity index (χ2n) is 4.15. The van der Waals surface area contributed by atoms with Crippen molar-refractivity contribution in [1.29, 1.82) is 0 Å². The summed E-state index contributed by atoms with van der Waals surface area (Å²) in [5.74, 6) is 0.587. The summed E-state index contributed by atoms with van der Waals surface area (Å²) in [7, 11) is 0. The molecule has 0 aliphatic carbocycles. The van der Waals surface area contributed by atoms with Crippen molar-refractivity contribution in [3.05, 3.63) is 0 Å². The third-order valence-electron chi connectivity index (χ3n) is 1.52. The topological polar surface area (TPSA) is 38.3 Å². The molecule has 0 aliphatic rings. The van der Waals surface area contributed by atoms with E-state index in [0.717, 1.165) is 12.8 Å². The fourth-order valence-electron chi connectivity index (χ4n) is 0.780. The van der Waals surface area contributed by atoms with Crippen LogP contribution in [0.4, 0.5) is 0 Å². The van der Waals surface area contributed by atoms with Crippen LogP contribution in [0.15, 0.2) is 0 Å². The van der Waals surface area contributed by atoms with Gasteiger partial charge in [-0.05, 0) is 33.6 Å². The molecule has 0 bridgehead atoms. The summed E-state index contributed by atoms with van der Waals surface area (Å²) < 4.78 is 5.31. The molecule has 0 aliphatic heterocycles. The predicted octanol–water partition coefficient (Wildman–Crippen LogP) is 1.94. The summed E-state index contributed by atoms with van der Waals surface area (Å²) in [6.45, 7) is 6.58. The maximum atomic E-state index is 11.2. The van der Waals surface area contributed by atoms with Gasteiger partial charge in [-0.2, -0.15) is 0 Å². The van der Waals surface area contributed by atoms with E-state index >= 15 is 0 Å². The maximum absolute atomic E-state index is 11.2. The quantitative estimate of drug-likeness (QED) is 0.550. The average Bonchev–Trinajstić information content (AvgIpc) is 2.08. The summed E-state index contributed by atoms with van der Waals surface area (Å²) in [5.41, 5.74) is -0.256. The molecule has 0 radical (unpaired) electrons. The van der Waals surface area contributed by atoms with Gasteiger partial charge in [-0.25, -0.2) is 0 Å². The molecule has 0 saturated heterocycles. The molecule has 0 unspecified atom stereocenters. The Labute approximate surface area is 91.2 Å². The first kappa shape index (κ1) is 13.7. The molecule has 0 heterocycles. The molecule has 0 rings (SSSR count). The van der Waals surface area contributed by atoms with Crippen LogP contribution in [-0.4, -0.2) is 30.5 Å². The van der Waals surface area contributed by atoms with Gasteiger partial charge in [-0.1, -0.05) is 0 Å². The van der Waals surface area contributed by atoms with E-state index < -0.39 is 0 Å². The lowest BCUT2D eigenvalue weighted by molar-refractivity contribution is -0.130. The molecule has 0 aromatic heterocycles. The van der Waals surface area contributed by atoms with Crippen molar-refractivity contribution < 1.29 is 9.53 Å². The van der Waals surface area contributed by atoms with E-state index in [1.165, 1.54) is 0 Å². The highest BCUT2D eigenvalue weighted by Crippen LogP contribution is 2.05. The van der Waals surface area contributed by atoms with Crippen LogP contribution >= 0.6 is 11.6 Å². The molecular formula is C10H20ClNO2. The van der Waals surface area contributed by atoms with E-state index in [4.69, 9.17) is 16.3 Å². The largest absolute Gasteiger partial charge is 0.366 e. The van der Waals surface area contributed by atoms with Crippen LogP contribution in [0.2, 0.25) is 0 Å². The second-order valence-corrected chi connectivity index (χ2v) is 4.53. The van der Waals surface area contributed by atoms with Crippen molar-refractivity contribution in [3.63, 3.8) is 0 Å². The smallest absolute Gasteiger partial charge is 0.246 e. The first-order valence-electron chi connectivity index (χ1n) is 4.92. The first-order chi connectivity index (χ1) is 6.45. The predicted molar refractivity (Wildman–Crippen MR) is 58.7 cm³/mol. The minimum atomic E-state index is -0.256. The van der Waals surface area contributed by atoms with Gasteiger partial charge in [0.25, 0.3) is 0 Å². The number of hydrogen-bond donors (Lipinski definition) is 1. The van der Waals surface area contributed by atoms with Crippen molar-refractivity contribution in [2.24, 2.45) is 0 Å². The van der Waals surface area contributed by atoms with Crippen LogP contribution < -0.4 is 5.32 Å². The lowest BCUT2D eigenvalue weighted by Gasteiger charge is -2.18. The van der Waals surface area contributed by atoms with Crippen LogP contribution in [0.3, 0.4) is 0 Å². The molecule has 1 N–H and O–H groups in total. The van der Waals surface area contributed by atoms with E-state index in [-0.39, 0.29) is 18.1 Å². The Hall–Kier alpha value is -0.280. The highest BCUT2D eigenvalue weighted by atomic mass is 35.5. The monoisotopic (exact) mass is 221 g/mol. The molecule has 14 heavy (non-hydrogen) atoms. The van der Waals surface area contributed by atoms with Crippen LogP contribution in [0.1, 0.15) is 33.6 Å². The normalized spacial score (nSPS) is 11.4. The minimum absolute atomic E-state index is 0.0607. The number of carbonyl (C=O) groups is 1. The average molecular weight is 222 g/mol. The van der Waals surface area contributed by atoms with Gasteiger partial charge in [0, 0.05) is 12.4 Å². The second kappa shape index (κ2) is 7.07. The van der Waals surface area contributed by atoms with Gasteiger partial charge in [0.15, 0.2) is 0 Å². The Morgan fingerprint density at radius 3 is 2.50 bits per heavy atom. The lowest BCUT2D eigenvalue weighted by atomic mass is 10.2. The Balaban J connectivity index is 3.38. The van der Waals surface area contributed by atoms with Crippen molar-refractivity contribution in [2.75, 3.05) is 19.0 Å². The number of halogens is 1. The third-order valence-corrected chi connectivity index (χ3v) is 1.79. The number of ether oxygens (including phenoxy) is 1. The molecule has 0 fully saturated rings. The van der Waals surface area contributed by atoms with Crippen molar-refractivity contribution in [2.45, 2.75) is 39.2 Å². The summed E-state index contributed by atoms with van der Waals surface area (Å²) in [6.07, 6.45) is 1.85. The summed E-state index contributed by atoms with van der Waals surface area (Å²) >= 11 is 5.50. The number of nitrogens with one attached hydrogen (secondary N) is 1. The molecule has 0 saturated carbocycles. The van der Waals surface area contributed by atoms with Crippen LogP contribution in [0.25, 0.3) is 0 Å². The van der Waals surface area contributed by atoms with E-state index in [1.54, 1.807) is 0 Å². The molecule has 3 nitrogen and oxygen atoms in total. The molecule has 0 aromatic rings. The number of hydrogen-bond acceptors (Lipinski definition) is 2. The zero-order valence-electron chi connectivity index (χ0n) is 9.23. The van der Waals surface area contributed by atoms with Crippen molar-refractivity contribution in [3.8, 4) is 0 Å². The standard InChI is InChI=1S/C10H20ClNO2/c1-10(2,3)14-8-9(13)12-7-5-4-6-11/h4-8H2,1-3H3,(H,12,13). The Morgan fingerprint density at radius 2 is 2.00 bits per heavy atom. The molecular weight excluding hydrogens is 202 g/mol. The summed E-state index contributed by atoms with van der Waals surface area (Å²) in [6, 6.07) is 0. The number of carbonyl (C=O) groups excluding carboxylic acids is 1. The van der Waals surface area contributed by atoms with Crippen LogP contribution in [0, 0.1) is 0 Å². The molecule has 0 atom stereocenters. The fraction of sp³-hybridized carbons (Fsp3) is 0.900. The Morgan fingerprint density at radius 1 is 1.36 bits per heavy atom. The fourth-order valence-corrected chi connectivity index (χ4v) is 0.969. The van der Waals surface area contributed by atoms with Gasteiger partial charge in [0.2, 0.25) is 5.91 Å². The Kier molecular flexibility index (Phi) is 6.93. The first-order valence-corrected chi connectivity index (χ1v) is 5.46. The number of amides is 1. The van der Waals surface area contributed by atoms with E-state index in [9.17, 15) is 4.79 Å². The SMILES string of the molecule is CC(C)(C)OCC(=O)NCCCCCl. The van der Waals surface area contributed by atoms with Crippen LogP contribution in [-0.2, 0) is 9.53 Å². The van der Waals surface area contributed by atoms with Gasteiger partial charge in [-0.3, -0.25) is 4.79 Å². The van der Waals surface area contributed by atoms with Gasteiger partial charge in [0.05, 0.1) is 5.60 Å². The number of rotatable bonds is 6. The zero-order valence-corrected chi connectivity index (χ0v) is 9.99. The van der Waals surface area contributed by atoms with Crippen molar-refractivity contribution in [1.82, 2.24) is 5.32 Å². The highest BCUT2D eigenvalue weighted by Gasteiger charge is 2.12. The lowest BCUT2D eigenvalue weighted by Crippen LogP contribution is -2.32. The molecule has 0 spiro atoms. The van der Waals surface area contributed by atoms with Crippen molar-refractivity contribution >= 4 is 17.5 Å².